The molecule has 0 bridgehead atoms. The zero-order valence-corrected chi connectivity index (χ0v) is 12.6. The van der Waals surface area contributed by atoms with Gasteiger partial charge in [-0.25, -0.2) is 0 Å². The highest BCUT2D eigenvalue weighted by molar-refractivity contribution is 6.93. The lowest BCUT2D eigenvalue weighted by molar-refractivity contribution is 0.816. The molecule has 0 aliphatic rings. The minimum Gasteiger partial charge on any atom is -0.322 e. The highest BCUT2D eigenvalue weighted by atomic mass is 28.4. The SMILES string of the molecule is CC[Si](C)(CNC)C(C)(C)[SiH](C)C. The molecule has 0 rings (SSSR count). The van der Waals surface area contributed by atoms with E-state index in [9.17, 15) is 0 Å². The Labute approximate surface area is 86.9 Å². The van der Waals surface area contributed by atoms with Gasteiger partial charge in [0.1, 0.15) is 0 Å². The second-order valence-electron chi connectivity index (χ2n) is 5.32. The Morgan fingerprint density at radius 1 is 1.31 bits per heavy atom. The summed E-state index contributed by atoms with van der Waals surface area (Å²) in [7, 11) is 0.501. The van der Waals surface area contributed by atoms with E-state index in [4.69, 9.17) is 0 Å². The average molecular weight is 218 g/mol. The van der Waals surface area contributed by atoms with Crippen molar-refractivity contribution < 1.29 is 0 Å². The molecule has 0 heterocycles. The van der Waals surface area contributed by atoms with Crippen molar-refractivity contribution >= 4 is 16.9 Å². The van der Waals surface area contributed by atoms with Gasteiger partial charge in [-0.15, -0.1) is 0 Å². The van der Waals surface area contributed by atoms with Gasteiger partial charge in [-0.1, -0.05) is 46.5 Å². The minimum absolute atomic E-state index is 0.532. The first kappa shape index (κ1) is 13.4. The van der Waals surface area contributed by atoms with Crippen LogP contribution in [0.1, 0.15) is 20.8 Å². The van der Waals surface area contributed by atoms with E-state index < -0.39 is 16.9 Å². The second kappa shape index (κ2) is 4.76. The fourth-order valence-electron chi connectivity index (χ4n) is 1.90. The molecule has 0 aliphatic carbocycles. The van der Waals surface area contributed by atoms with Gasteiger partial charge in [0.05, 0.1) is 8.07 Å². The Morgan fingerprint density at radius 3 is 2.00 bits per heavy atom. The van der Waals surface area contributed by atoms with E-state index in [-0.39, 0.29) is 0 Å². The van der Waals surface area contributed by atoms with Crippen molar-refractivity contribution in [3.8, 4) is 0 Å². The molecule has 0 radical (unpaired) electrons. The molecule has 80 valence electrons. The highest BCUT2D eigenvalue weighted by Gasteiger charge is 2.43. The molecule has 0 amide bonds. The highest BCUT2D eigenvalue weighted by Crippen LogP contribution is 2.41. The van der Waals surface area contributed by atoms with Gasteiger partial charge >= 0.3 is 0 Å². The van der Waals surface area contributed by atoms with Crippen LogP contribution < -0.4 is 5.32 Å². The average Bonchev–Trinajstić information content (AvgIpc) is 2.04. The third-order valence-electron chi connectivity index (χ3n) is 4.35. The van der Waals surface area contributed by atoms with Crippen molar-refractivity contribution in [1.29, 1.82) is 0 Å². The van der Waals surface area contributed by atoms with Crippen LogP contribution in [0.15, 0.2) is 0 Å². The Balaban J connectivity index is 4.72. The fourth-order valence-corrected chi connectivity index (χ4v) is 10.8. The molecule has 0 saturated carbocycles. The monoisotopic (exact) mass is 217 g/mol. The van der Waals surface area contributed by atoms with E-state index in [1.165, 1.54) is 12.2 Å². The quantitative estimate of drug-likeness (QED) is 0.698. The lowest BCUT2D eigenvalue weighted by Gasteiger charge is -2.45. The van der Waals surface area contributed by atoms with Crippen LogP contribution in [0.25, 0.3) is 0 Å². The first-order chi connectivity index (χ1) is 5.81. The summed E-state index contributed by atoms with van der Waals surface area (Å²) >= 11 is 0. The summed E-state index contributed by atoms with van der Waals surface area (Å²) in [6, 6.07) is 1.41. The van der Waals surface area contributed by atoms with Crippen LogP contribution in [0.3, 0.4) is 0 Å². The Morgan fingerprint density at radius 2 is 1.77 bits per heavy atom. The smallest absolute Gasteiger partial charge is 0.0681 e. The molecule has 1 N–H and O–H groups in total. The van der Waals surface area contributed by atoms with Crippen LogP contribution in [-0.2, 0) is 0 Å². The molecule has 0 saturated heterocycles. The summed E-state index contributed by atoms with van der Waals surface area (Å²) in [5.74, 6) is 0. The second-order valence-corrected chi connectivity index (χ2v) is 15.1. The van der Waals surface area contributed by atoms with E-state index in [0.717, 1.165) is 0 Å². The van der Waals surface area contributed by atoms with Crippen LogP contribution in [0, 0.1) is 0 Å². The Bertz CT molecular complexity index is 157. The van der Waals surface area contributed by atoms with Crippen LogP contribution in [0.5, 0.6) is 0 Å². The lowest BCUT2D eigenvalue weighted by Crippen LogP contribution is -2.54. The molecule has 3 heteroatoms. The van der Waals surface area contributed by atoms with Gasteiger partial charge in [-0.2, -0.15) is 0 Å². The van der Waals surface area contributed by atoms with Crippen LogP contribution in [0.2, 0.25) is 30.3 Å². The van der Waals surface area contributed by atoms with Crippen molar-refractivity contribution in [1.82, 2.24) is 5.32 Å². The zero-order chi connectivity index (χ0) is 10.7. The fraction of sp³-hybridized carbons (Fsp3) is 1.00. The van der Waals surface area contributed by atoms with Gasteiger partial charge in [0.15, 0.2) is 0 Å². The summed E-state index contributed by atoms with van der Waals surface area (Å²) in [6.07, 6.45) is 1.28. The molecule has 1 unspecified atom stereocenters. The molecular formula is C10H27NSi2. The topological polar surface area (TPSA) is 12.0 Å². The van der Waals surface area contributed by atoms with Crippen LogP contribution in [0.4, 0.5) is 0 Å². The molecule has 13 heavy (non-hydrogen) atoms. The number of hydrogen-bond acceptors (Lipinski definition) is 1. The number of hydrogen-bond donors (Lipinski definition) is 1. The zero-order valence-electron chi connectivity index (χ0n) is 10.5. The summed E-state index contributed by atoms with van der Waals surface area (Å²) < 4.78 is 0.671. The third-order valence-corrected chi connectivity index (χ3v) is 16.9. The van der Waals surface area contributed by atoms with E-state index >= 15 is 0 Å². The molecule has 0 aromatic rings. The standard InChI is InChI=1S/C10H27NSi2/c1-8-13(7,9-11-4)10(2,3)12(5)6/h11-12H,8-9H2,1-7H3. The summed E-state index contributed by atoms with van der Waals surface area (Å²) in [6.45, 7) is 15.0. The first-order valence-electron chi connectivity index (χ1n) is 5.46. The van der Waals surface area contributed by atoms with Crippen molar-refractivity contribution in [2.75, 3.05) is 13.2 Å². The van der Waals surface area contributed by atoms with Gasteiger partial charge in [0.25, 0.3) is 0 Å². The van der Waals surface area contributed by atoms with Gasteiger partial charge in [0.2, 0.25) is 0 Å². The molecule has 0 spiro atoms. The first-order valence-corrected chi connectivity index (χ1v) is 11.3. The molecule has 0 aromatic heterocycles. The van der Waals surface area contributed by atoms with E-state index in [2.05, 4.69) is 52.8 Å². The van der Waals surface area contributed by atoms with Crippen LogP contribution in [-0.4, -0.2) is 30.1 Å². The largest absolute Gasteiger partial charge is 0.322 e. The van der Waals surface area contributed by atoms with Crippen molar-refractivity contribution in [2.24, 2.45) is 0 Å². The Hall–Kier alpha value is 0.394. The lowest BCUT2D eigenvalue weighted by atomic mass is 10.5. The molecule has 1 atom stereocenters. The number of rotatable bonds is 5. The maximum Gasteiger partial charge on any atom is 0.0681 e. The predicted molar refractivity (Wildman–Crippen MR) is 68.9 cm³/mol. The van der Waals surface area contributed by atoms with Crippen LogP contribution >= 0.6 is 0 Å². The van der Waals surface area contributed by atoms with Crippen molar-refractivity contribution in [2.45, 2.75) is 51.1 Å². The number of nitrogens with one attached hydrogen (secondary N) is 1. The van der Waals surface area contributed by atoms with E-state index in [1.54, 1.807) is 0 Å². The summed E-state index contributed by atoms with van der Waals surface area (Å²) in [4.78, 5) is 0. The van der Waals surface area contributed by atoms with Gasteiger partial charge < -0.3 is 5.32 Å². The molecule has 0 fully saturated rings. The maximum absolute atomic E-state index is 3.40. The summed E-state index contributed by atoms with van der Waals surface area (Å²) in [5.41, 5.74) is 0. The Kier molecular flexibility index (Phi) is 4.90. The van der Waals surface area contributed by atoms with E-state index in [1.807, 2.05) is 0 Å². The van der Waals surface area contributed by atoms with Gasteiger partial charge in [0, 0.05) is 8.80 Å². The molecular weight excluding hydrogens is 190 g/mol. The third kappa shape index (κ3) is 2.67. The van der Waals surface area contributed by atoms with E-state index in [0.29, 0.717) is 4.66 Å². The molecule has 0 aromatic carbocycles. The molecule has 0 aliphatic heterocycles. The predicted octanol–water partition coefficient (Wildman–Crippen LogP) is 2.65. The minimum atomic E-state index is -1.06. The molecule has 1 nitrogen and oxygen atoms in total. The van der Waals surface area contributed by atoms with Crippen molar-refractivity contribution in [3.63, 3.8) is 0 Å². The normalized spacial score (nSPS) is 17.5. The maximum atomic E-state index is 3.40. The van der Waals surface area contributed by atoms with Crippen molar-refractivity contribution in [3.05, 3.63) is 0 Å². The summed E-state index contributed by atoms with van der Waals surface area (Å²) in [5, 5.41) is 3.40. The van der Waals surface area contributed by atoms with Gasteiger partial charge in [-0.05, 0) is 17.9 Å². The van der Waals surface area contributed by atoms with Gasteiger partial charge in [-0.3, -0.25) is 0 Å².